The van der Waals surface area contributed by atoms with Crippen molar-refractivity contribution in [3.63, 3.8) is 0 Å². The molecule has 1 aromatic rings. The van der Waals surface area contributed by atoms with Crippen LogP contribution in [0.1, 0.15) is 30.5 Å². The fraction of sp³-hybridized carbons (Fsp3) is 0.571. The van der Waals surface area contributed by atoms with Crippen molar-refractivity contribution in [3.05, 3.63) is 35.4 Å². The third-order valence-corrected chi connectivity index (χ3v) is 6.95. The van der Waals surface area contributed by atoms with Gasteiger partial charge in [-0.3, -0.25) is 11.3 Å². The Morgan fingerprint density at radius 2 is 1.95 bits per heavy atom. The maximum absolute atomic E-state index is 13.2. The van der Waals surface area contributed by atoms with Crippen LogP contribution in [0.4, 0.5) is 13.2 Å². The van der Waals surface area contributed by atoms with Gasteiger partial charge in [0.2, 0.25) is 0 Å². The van der Waals surface area contributed by atoms with Crippen LogP contribution in [0, 0.1) is 0 Å². The summed E-state index contributed by atoms with van der Waals surface area (Å²) in [5, 5.41) is 0.355. The van der Waals surface area contributed by atoms with Crippen molar-refractivity contribution >= 4 is 23.5 Å². The average Bonchev–Trinajstić information content (AvgIpc) is 2.48. The minimum Gasteiger partial charge on any atom is -0.271 e. The zero-order valence-corrected chi connectivity index (χ0v) is 13.3. The Labute approximate surface area is 131 Å². The van der Waals surface area contributed by atoms with Gasteiger partial charge in [-0.25, -0.2) is 0 Å². The van der Waals surface area contributed by atoms with Crippen molar-refractivity contribution in [1.29, 1.82) is 0 Å². The molecule has 0 saturated carbocycles. The van der Waals surface area contributed by atoms with Crippen LogP contribution >= 0.6 is 23.5 Å². The minimum atomic E-state index is -4.36. The lowest BCUT2D eigenvalue weighted by atomic mass is 9.95. The fourth-order valence-corrected chi connectivity index (χ4v) is 5.86. The number of hydrogen-bond donors (Lipinski definition) is 2. The van der Waals surface area contributed by atoms with Gasteiger partial charge in [-0.2, -0.15) is 36.7 Å². The highest BCUT2D eigenvalue weighted by molar-refractivity contribution is 8.07. The summed E-state index contributed by atoms with van der Waals surface area (Å²) in [4.78, 5) is 0. The van der Waals surface area contributed by atoms with Crippen LogP contribution in [0.3, 0.4) is 0 Å². The van der Waals surface area contributed by atoms with Crippen molar-refractivity contribution in [3.8, 4) is 0 Å². The van der Waals surface area contributed by atoms with E-state index in [-0.39, 0.29) is 10.8 Å². The number of alkyl halides is 3. The molecule has 0 radical (unpaired) electrons. The summed E-state index contributed by atoms with van der Waals surface area (Å²) in [7, 11) is 0. The molecule has 1 aliphatic heterocycles. The predicted molar refractivity (Wildman–Crippen MR) is 84.3 cm³/mol. The minimum absolute atomic E-state index is 0.0437. The van der Waals surface area contributed by atoms with Crippen molar-refractivity contribution in [2.45, 2.75) is 36.1 Å². The van der Waals surface area contributed by atoms with Gasteiger partial charge in [0.15, 0.2) is 0 Å². The monoisotopic (exact) mass is 336 g/mol. The largest absolute Gasteiger partial charge is 0.416 e. The molecular formula is C14H19F3N2S2. The van der Waals surface area contributed by atoms with E-state index in [0.717, 1.165) is 24.0 Å². The Bertz CT molecular complexity index is 468. The second-order valence-corrected chi connectivity index (χ2v) is 7.52. The molecule has 1 aliphatic rings. The van der Waals surface area contributed by atoms with Crippen molar-refractivity contribution in [2.75, 3.05) is 11.5 Å². The summed E-state index contributed by atoms with van der Waals surface area (Å²) in [6.07, 6.45) is -3.44. The standard InChI is InChI=1S/C14H19F3N2S2/c1-2-11-13(21-8-7-20-11)12(19-18)9-5-3-4-6-10(9)14(15,16)17/h3-6,11-13,19H,2,7-8,18H2,1H3. The van der Waals surface area contributed by atoms with E-state index in [1.165, 1.54) is 12.1 Å². The van der Waals surface area contributed by atoms with E-state index in [9.17, 15) is 13.2 Å². The zero-order valence-electron chi connectivity index (χ0n) is 11.7. The Kier molecular flexibility index (Phi) is 5.88. The van der Waals surface area contributed by atoms with Gasteiger partial charge in [0.1, 0.15) is 0 Å². The lowest BCUT2D eigenvalue weighted by molar-refractivity contribution is -0.138. The Hall–Kier alpha value is -0.370. The fourth-order valence-electron chi connectivity index (χ4n) is 2.63. The van der Waals surface area contributed by atoms with Gasteiger partial charge in [0.25, 0.3) is 0 Å². The highest BCUT2D eigenvalue weighted by atomic mass is 32.2. The van der Waals surface area contributed by atoms with E-state index < -0.39 is 17.8 Å². The molecule has 2 nitrogen and oxygen atoms in total. The quantitative estimate of drug-likeness (QED) is 0.647. The van der Waals surface area contributed by atoms with Crippen LogP contribution in [0.25, 0.3) is 0 Å². The van der Waals surface area contributed by atoms with E-state index in [1.54, 1.807) is 17.8 Å². The number of thioether (sulfide) groups is 2. The molecule has 1 fully saturated rings. The summed E-state index contributed by atoms with van der Waals surface area (Å²) in [6.45, 7) is 2.07. The third kappa shape index (κ3) is 3.88. The van der Waals surface area contributed by atoms with Gasteiger partial charge in [-0.05, 0) is 18.1 Å². The van der Waals surface area contributed by atoms with Crippen LogP contribution in [0.15, 0.2) is 24.3 Å². The number of benzene rings is 1. The van der Waals surface area contributed by atoms with Gasteiger partial charge in [0.05, 0.1) is 11.6 Å². The molecule has 7 heteroatoms. The van der Waals surface area contributed by atoms with Crippen LogP contribution in [0.5, 0.6) is 0 Å². The van der Waals surface area contributed by atoms with E-state index in [2.05, 4.69) is 12.3 Å². The lowest BCUT2D eigenvalue weighted by Gasteiger charge is -2.36. The summed E-state index contributed by atoms with van der Waals surface area (Å²) < 4.78 is 39.6. The van der Waals surface area contributed by atoms with Crippen LogP contribution in [-0.2, 0) is 6.18 Å². The number of rotatable bonds is 4. The maximum Gasteiger partial charge on any atom is 0.416 e. The molecule has 21 heavy (non-hydrogen) atoms. The predicted octanol–water partition coefficient (Wildman–Crippen LogP) is 3.84. The third-order valence-electron chi connectivity index (χ3n) is 3.60. The molecule has 0 bridgehead atoms. The van der Waals surface area contributed by atoms with Gasteiger partial charge in [-0.15, -0.1) is 0 Å². The molecule has 1 aromatic carbocycles. The van der Waals surface area contributed by atoms with E-state index in [1.807, 2.05) is 11.8 Å². The summed E-state index contributed by atoms with van der Waals surface area (Å²) in [6, 6.07) is 5.21. The SMILES string of the molecule is CCC1SCCSC1C(NN)c1ccccc1C(F)(F)F. The van der Waals surface area contributed by atoms with Gasteiger partial charge in [0, 0.05) is 22.0 Å². The lowest BCUT2D eigenvalue weighted by Crippen LogP contribution is -2.42. The van der Waals surface area contributed by atoms with Crippen molar-refractivity contribution in [1.82, 2.24) is 5.43 Å². The molecule has 118 valence electrons. The smallest absolute Gasteiger partial charge is 0.271 e. The second-order valence-electron chi connectivity index (χ2n) is 4.88. The van der Waals surface area contributed by atoms with Gasteiger partial charge >= 0.3 is 6.18 Å². The number of hydrazine groups is 1. The number of nitrogens with two attached hydrogens (primary N) is 1. The molecule has 3 atom stereocenters. The van der Waals surface area contributed by atoms with Gasteiger partial charge < -0.3 is 0 Å². The molecule has 2 rings (SSSR count). The van der Waals surface area contributed by atoms with E-state index in [0.29, 0.717) is 5.25 Å². The molecule has 0 spiro atoms. The van der Waals surface area contributed by atoms with Crippen molar-refractivity contribution in [2.24, 2.45) is 5.84 Å². The molecule has 1 saturated heterocycles. The van der Waals surface area contributed by atoms with Crippen LogP contribution in [0.2, 0.25) is 0 Å². The first kappa shape index (κ1) is 17.0. The number of nitrogens with one attached hydrogen (secondary N) is 1. The zero-order chi connectivity index (χ0) is 15.5. The Morgan fingerprint density at radius 3 is 2.57 bits per heavy atom. The molecular weight excluding hydrogens is 317 g/mol. The first-order valence-electron chi connectivity index (χ1n) is 6.84. The van der Waals surface area contributed by atoms with Crippen molar-refractivity contribution < 1.29 is 13.2 Å². The summed E-state index contributed by atoms with van der Waals surface area (Å²) >= 11 is 3.54. The number of hydrogen-bond acceptors (Lipinski definition) is 4. The highest BCUT2D eigenvalue weighted by Crippen LogP contribution is 2.43. The first-order chi connectivity index (χ1) is 9.99. The highest BCUT2D eigenvalue weighted by Gasteiger charge is 2.39. The Morgan fingerprint density at radius 1 is 1.29 bits per heavy atom. The molecule has 3 N–H and O–H groups in total. The molecule has 0 aromatic heterocycles. The molecule has 3 unspecified atom stereocenters. The van der Waals surface area contributed by atoms with Crippen LogP contribution in [-0.4, -0.2) is 22.0 Å². The second kappa shape index (κ2) is 7.26. The average molecular weight is 336 g/mol. The van der Waals surface area contributed by atoms with E-state index >= 15 is 0 Å². The van der Waals surface area contributed by atoms with Crippen LogP contribution < -0.4 is 11.3 Å². The Balaban J connectivity index is 2.37. The first-order valence-corrected chi connectivity index (χ1v) is 8.94. The normalized spacial score (nSPS) is 24.8. The van der Waals surface area contributed by atoms with E-state index in [4.69, 9.17) is 5.84 Å². The summed E-state index contributed by atoms with van der Waals surface area (Å²) in [5.74, 6) is 7.61. The molecule has 0 aliphatic carbocycles. The maximum atomic E-state index is 13.2. The van der Waals surface area contributed by atoms with Gasteiger partial charge in [-0.1, -0.05) is 25.1 Å². The summed E-state index contributed by atoms with van der Waals surface area (Å²) in [5.41, 5.74) is 2.27. The molecule has 1 heterocycles. The number of halogens is 3. The molecule has 0 amide bonds. The topological polar surface area (TPSA) is 38.0 Å².